The number of aromatic amines is 1. The number of thiophene rings is 1. The van der Waals surface area contributed by atoms with Crippen molar-refractivity contribution in [3.05, 3.63) is 57.7 Å². The van der Waals surface area contributed by atoms with Gasteiger partial charge in [-0.2, -0.15) is 0 Å². The third-order valence-corrected chi connectivity index (χ3v) is 4.68. The van der Waals surface area contributed by atoms with Gasteiger partial charge in [0.25, 0.3) is 0 Å². The van der Waals surface area contributed by atoms with Gasteiger partial charge in [0.1, 0.15) is 5.82 Å². The lowest BCUT2D eigenvalue weighted by Gasteiger charge is -2.23. The number of benzene rings is 1. The average molecular weight is 272 g/mol. The summed E-state index contributed by atoms with van der Waals surface area (Å²) < 4.78 is 13.4. The molecule has 2 aromatic heterocycles. The third kappa shape index (κ3) is 1.71. The van der Waals surface area contributed by atoms with Gasteiger partial charge in [0.05, 0.1) is 6.04 Å². The van der Waals surface area contributed by atoms with Crippen molar-refractivity contribution in [1.82, 2.24) is 10.3 Å². The SMILES string of the molecule is Fc1ccc2[nH]c3c(c2c1)CCNC3c1cccs1. The van der Waals surface area contributed by atoms with Crippen molar-refractivity contribution in [2.75, 3.05) is 6.54 Å². The van der Waals surface area contributed by atoms with Crippen LogP contribution in [0.1, 0.15) is 22.2 Å². The van der Waals surface area contributed by atoms with Crippen LogP contribution in [0.5, 0.6) is 0 Å². The summed E-state index contributed by atoms with van der Waals surface area (Å²) in [7, 11) is 0. The Morgan fingerprint density at radius 1 is 1.26 bits per heavy atom. The molecule has 3 heterocycles. The van der Waals surface area contributed by atoms with Crippen molar-refractivity contribution in [2.45, 2.75) is 12.5 Å². The van der Waals surface area contributed by atoms with Gasteiger partial charge >= 0.3 is 0 Å². The first-order chi connectivity index (χ1) is 9.33. The Kier molecular flexibility index (Phi) is 2.47. The largest absolute Gasteiger partial charge is 0.357 e. The minimum atomic E-state index is -0.166. The van der Waals surface area contributed by atoms with Gasteiger partial charge in [-0.25, -0.2) is 4.39 Å². The van der Waals surface area contributed by atoms with Crippen LogP contribution < -0.4 is 5.32 Å². The van der Waals surface area contributed by atoms with Crippen LogP contribution in [0.3, 0.4) is 0 Å². The van der Waals surface area contributed by atoms with E-state index in [0.29, 0.717) is 0 Å². The van der Waals surface area contributed by atoms with Gasteiger partial charge in [-0.3, -0.25) is 0 Å². The minimum absolute atomic E-state index is 0.166. The fourth-order valence-electron chi connectivity index (χ4n) is 2.90. The third-order valence-electron chi connectivity index (χ3n) is 3.74. The number of halogens is 1. The fraction of sp³-hybridized carbons (Fsp3) is 0.200. The van der Waals surface area contributed by atoms with E-state index in [1.54, 1.807) is 17.4 Å². The molecule has 1 unspecified atom stereocenters. The molecular weight excluding hydrogens is 259 g/mol. The van der Waals surface area contributed by atoms with Crippen LogP contribution in [0.15, 0.2) is 35.7 Å². The first kappa shape index (κ1) is 11.2. The van der Waals surface area contributed by atoms with Crippen LogP contribution in [-0.2, 0) is 6.42 Å². The van der Waals surface area contributed by atoms with Crippen LogP contribution >= 0.6 is 11.3 Å². The molecule has 4 rings (SSSR count). The zero-order chi connectivity index (χ0) is 12.8. The molecule has 1 aliphatic heterocycles. The van der Waals surface area contributed by atoms with E-state index in [2.05, 4.69) is 27.8 Å². The van der Waals surface area contributed by atoms with Gasteiger partial charge in [-0.15, -0.1) is 11.3 Å². The van der Waals surface area contributed by atoms with Gasteiger partial charge in [-0.05, 0) is 41.6 Å². The molecule has 0 radical (unpaired) electrons. The molecule has 0 saturated heterocycles. The summed E-state index contributed by atoms with van der Waals surface area (Å²) in [6, 6.07) is 9.40. The molecule has 1 aromatic carbocycles. The molecule has 4 heteroatoms. The number of fused-ring (bicyclic) bond motifs is 3. The lowest BCUT2D eigenvalue weighted by molar-refractivity contribution is 0.567. The Morgan fingerprint density at radius 3 is 3.05 bits per heavy atom. The van der Waals surface area contributed by atoms with Crippen molar-refractivity contribution in [1.29, 1.82) is 0 Å². The summed E-state index contributed by atoms with van der Waals surface area (Å²) in [4.78, 5) is 4.76. The summed E-state index contributed by atoms with van der Waals surface area (Å²) in [5.74, 6) is -0.166. The van der Waals surface area contributed by atoms with E-state index >= 15 is 0 Å². The van der Waals surface area contributed by atoms with E-state index < -0.39 is 0 Å². The maximum absolute atomic E-state index is 13.4. The van der Waals surface area contributed by atoms with E-state index in [4.69, 9.17) is 0 Å². The molecule has 0 fully saturated rings. The number of H-pyrrole nitrogens is 1. The molecule has 1 atom stereocenters. The second kappa shape index (κ2) is 4.18. The maximum atomic E-state index is 13.4. The Balaban J connectivity index is 1.94. The van der Waals surface area contributed by atoms with E-state index in [9.17, 15) is 4.39 Å². The highest BCUT2D eigenvalue weighted by atomic mass is 32.1. The van der Waals surface area contributed by atoms with Crippen LogP contribution in [0, 0.1) is 5.82 Å². The lowest BCUT2D eigenvalue weighted by Crippen LogP contribution is -2.29. The summed E-state index contributed by atoms with van der Waals surface area (Å²) in [5.41, 5.74) is 3.47. The number of aromatic nitrogens is 1. The Hall–Kier alpha value is -1.65. The molecule has 0 aliphatic carbocycles. The van der Waals surface area contributed by atoms with Crippen LogP contribution in [0.25, 0.3) is 10.9 Å². The first-order valence-electron chi connectivity index (χ1n) is 6.40. The molecule has 19 heavy (non-hydrogen) atoms. The van der Waals surface area contributed by atoms with Gasteiger partial charge in [-0.1, -0.05) is 6.07 Å². The highest BCUT2D eigenvalue weighted by molar-refractivity contribution is 7.10. The Morgan fingerprint density at radius 2 is 2.21 bits per heavy atom. The fourth-order valence-corrected chi connectivity index (χ4v) is 3.71. The van der Waals surface area contributed by atoms with Crippen molar-refractivity contribution in [2.24, 2.45) is 0 Å². The van der Waals surface area contributed by atoms with Crippen molar-refractivity contribution < 1.29 is 4.39 Å². The molecule has 0 bridgehead atoms. The molecule has 1 aliphatic rings. The van der Waals surface area contributed by atoms with Gasteiger partial charge < -0.3 is 10.3 Å². The highest BCUT2D eigenvalue weighted by Gasteiger charge is 2.25. The van der Waals surface area contributed by atoms with Crippen LogP contribution in [-0.4, -0.2) is 11.5 Å². The zero-order valence-corrected chi connectivity index (χ0v) is 11.1. The molecule has 2 nitrogen and oxygen atoms in total. The highest BCUT2D eigenvalue weighted by Crippen LogP contribution is 2.35. The predicted octanol–water partition coefficient (Wildman–Crippen LogP) is 3.60. The summed E-state index contributed by atoms with van der Waals surface area (Å²) >= 11 is 1.75. The van der Waals surface area contributed by atoms with E-state index in [-0.39, 0.29) is 11.9 Å². The van der Waals surface area contributed by atoms with E-state index in [1.165, 1.54) is 22.2 Å². The zero-order valence-electron chi connectivity index (χ0n) is 10.2. The summed E-state index contributed by atoms with van der Waals surface area (Å²) in [6.07, 6.45) is 0.945. The quantitative estimate of drug-likeness (QED) is 0.696. The van der Waals surface area contributed by atoms with Gasteiger partial charge in [0.2, 0.25) is 0 Å². The Labute approximate surface area is 114 Å². The van der Waals surface area contributed by atoms with Crippen molar-refractivity contribution in [3.63, 3.8) is 0 Å². The monoisotopic (exact) mass is 272 g/mol. The molecule has 0 saturated carbocycles. The van der Waals surface area contributed by atoms with E-state index in [1.807, 2.05) is 6.07 Å². The molecule has 96 valence electrons. The molecular formula is C15H13FN2S. The Bertz CT molecular complexity index is 730. The summed E-state index contributed by atoms with van der Waals surface area (Å²) in [6.45, 7) is 0.930. The normalized spacial score (nSPS) is 18.7. The minimum Gasteiger partial charge on any atom is -0.357 e. The second-order valence-electron chi connectivity index (χ2n) is 4.86. The van der Waals surface area contributed by atoms with Gasteiger partial charge in [0.15, 0.2) is 0 Å². The molecule has 3 aromatic rings. The summed E-state index contributed by atoms with van der Waals surface area (Å²) in [5, 5.41) is 6.66. The van der Waals surface area contributed by atoms with Gasteiger partial charge in [0, 0.05) is 28.0 Å². The first-order valence-corrected chi connectivity index (χ1v) is 7.27. The molecule has 0 spiro atoms. The predicted molar refractivity (Wildman–Crippen MR) is 76.1 cm³/mol. The van der Waals surface area contributed by atoms with Crippen molar-refractivity contribution in [3.8, 4) is 0 Å². The maximum Gasteiger partial charge on any atom is 0.123 e. The van der Waals surface area contributed by atoms with Crippen molar-refractivity contribution >= 4 is 22.2 Å². The second-order valence-corrected chi connectivity index (χ2v) is 5.84. The lowest BCUT2D eigenvalue weighted by atomic mass is 9.98. The van der Waals surface area contributed by atoms with E-state index in [0.717, 1.165) is 23.9 Å². The molecule has 0 amide bonds. The average Bonchev–Trinajstić information content (AvgIpc) is 3.05. The number of hydrogen-bond acceptors (Lipinski definition) is 2. The standard InChI is InChI=1S/C15H13FN2S/c16-9-3-4-12-11(8-9)10-5-6-17-15(14(10)18-12)13-2-1-7-19-13/h1-4,7-8,15,17-18H,5-6H2. The topological polar surface area (TPSA) is 27.8 Å². The smallest absolute Gasteiger partial charge is 0.123 e. The number of rotatable bonds is 1. The number of nitrogens with one attached hydrogen (secondary N) is 2. The molecule has 2 N–H and O–H groups in total. The van der Waals surface area contributed by atoms with Crippen LogP contribution in [0.4, 0.5) is 4.39 Å². The van der Waals surface area contributed by atoms with Crippen LogP contribution in [0.2, 0.25) is 0 Å². The number of hydrogen-bond donors (Lipinski definition) is 2.